The number of ether oxygens (including phenoxy) is 1. The molecule has 3 rings (SSSR count). The molecular weight excluding hydrogens is 333 g/mol. The van der Waals surface area contributed by atoms with Crippen LogP contribution in [0.4, 0.5) is 21.5 Å². The minimum Gasteiger partial charge on any atom is -0.482 e. The van der Waals surface area contributed by atoms with Crippen LogP contribution in [0.15, 0.2) is 42.5 Å². The predicted octanol–water partition coefficient (Wildman–Crippen LogP) is 2.10. The van der Waals surface area contributed by atoms with Gasteiger partial charge < -0.3 is 10.1 Å². The molecule has 2 aromatic rings. The highest BCUT2D eigenvalue weighted by molar-refractivity contribution is 6.05. The molecule has 128 valence electrons. The zero-order chi connectivity index (χ0) is 18.0. The molecule has 1 N–H and O–H groups in total. The lowest BCUT2D eigenvalue weighted by Crippen LogP contribution is -2.43. The van der Waals surface area contributed by atoms with Gasteiger partial charge in [0.1, 0.15) is 18.1 Å². The first-order valence-electron chi connectivity index (χ1n) is 7.21. The maximum absolute atomic E-state index is 13.6. The highest BCUT2D eigenvalue weighted by Crippen LogP contribution is 2.35. The fourth-order valence-electron chi connectivity index (χ4n) is 2.37. The Hall–Kier alpha value is -3.49. The fraction of sp³-hybridized carbons (Fsp3) is 0.125. The smallest absolute Gasteiger partial charge is 0.271 e. The van der Waals surface area contributed by atoms with Crippen molar-refractivity contribution < 1.29 is 23.6 Å². The van der Waals surface area contributed by atoms with Gasteiger partial charge in [-0.3, -0.25) is 24.6 Å². The van der Waals surface area contributed by atoms with Crippen molar-refractivity contribution in [3.8, 4) is 5.75 Å². The third kappa shape index (κ3) is 3.39. The van der Waals surface area contributed by atoms with Crippen LogP contribution in [0.1, 0.15) is 0 Å². The number of nitrogens with zero attached hydrogens (tertiary/aromatic N) is 2. The largest absolute Gasteiger partial charge is 0.482 e. The molecule has 0 bridgehead atoms. The number of non-ortho nitro benzene ring substituents is 1. The van der Waals surface area contributed by atoms with Crippen LogP contribution in [-0.2, 0) is 9.59 Å². The Labute approximate surface area is 141 Å². The van der Waals surface area contributed by atoms with Gasteiger partial charge in [-0.15, -0.1) is 0 Å². The minimum absolute atomic E-state index is 0.0209. The number of anilines is 2. The van der Waals surface area contributed by atoms with Crippen LogP contribution < -0.4 is 15.0 Å². The Morgan fingerprint density at radius 1 is 1.32 bits per heavy atom. The van der Waals surface area contributed by atoms with E-state index in [0.717, 1.165) is 11.0 Å². The van der Waals surface area contributed by atoms with E-state index in [-0.39, 0.29) is 29.4 Å². The van der Waals surface area contributed by atoms with Gasteiger partial charge in [-0.1, -0.05) is 12.1 Å². The van der Waals surface area contributed by atoms with Crippen molar-refractivity contribution in [1.82, 2.24) is 0 Å². The lowest BCUT2D eigenvalue weighted by Gasteiger charge is -2.28. The maximum Gasteiger partial charge on any atom is 0.271 e. The molecule has 2 amide bonds. The Kier molecular flexibility index (Phi) is 4.29. The molecule has 1 heterocycles. The van der Waals surface area contributed by atoms with E-state index in [1.807, 2.05) is 0 Å². The molecule has 0 fully saturated rings. The Bertz CT molecular complexity index is 871. The van der Waals surface area contributed by atoms with Crippen LogP contribution in [0.5, 0.6) is 5.75 Å². The van der Waals surface area contributed by atoms with E-state index in [4.69, 9.17) is 4.74 Å². The van der Waals surface area contributed by atoms with Gasteiger partial charge in [0.2, 0.25) is 5.91 Å². The number of amides is 2. The second kappa shape index (κ2) is 6.56. The van der Waals surface area contributed by atoms with Crippen LogP contribution in [0.25, 0.3) is 0 Å². The predicted molar refractivity (Wildman–Crippen MR) is 86.0 cm³/mol. The molecule has 0 saturated heterocycles. The number of nitrogens with one attached hydrogen (secondary N) is 1. The van der Waals surface area contributed by atoms with E-state index >= 15 is 0 Å². The van der Waals surface area contributed by atoms with Crippen molar-refractivity contribution in [2.75, 3.05) is 23.4 Å². The Balaban J connectivity index is 1.84. The summed E-state index contributed by atoms with van der Waals surface area (Å²) in [7, 11) is 0. The second-order valence-electron chi connectivity index (χ2n) is 5.21. The van der Waals surface area contributed by atoms with E-state index in [1.165, 1.54) is 30.3 Å². The van der Waals surface area contributed by atoms with Gasteiger partial charge in [0, 0.05) is 12.1 Å². The number of benzene rings is 2. The third-order valence-corrected chi connectivity index (χ3v) is 3.55. The van der Waals surface area contributed by atoms with E-state index in [1.54, 1.807) is 6.07 Å². The van der Waals surface area contributed by atoms with Gasteiger partial charge >= 0.3 is 0 Å². The zero-order valence-electron chi connectivity index (χ0n) is 12.8. The van der Waals surface area contributed by atoms with Crippen LogP contribution >= 0.6 is 0 Å². The lowest BCUT2D eigenvalue weighted by atomic mass is 10.2. The molecule has 2 aromatic carbocycles. The Morgan fingerprint density at radius 3 is 2.80 bits per heavy atom. The first-order valence-corrected chi connectivity index (χ1v) is 7.21. The van der Waals surface area contributed by atoms with Crippen LogP contribution in [0.2, 0.25) is 0 Å². The summed E-state index contributed by atoms with van der Waals surface area (Å²) in [6, 6.07) is 9.36. The molecule has 9 heteroatoms. The van der Waals surface area contributed by atoms with Crippen molar-refractivity contribution in [2.24, 2.45) is 0 Å². The number of rotatable bonds is 4. The number of hydrogen-bond donors (Lipinski definition) is 1. The molecule has 1 aliphatic heterocycles. The first-order chi connectivity index (χ1) is 12.0. The molecule has 0 spiro atoms. The van der Waals surface area contributed by atoms with Crippen LogP contribution in [0, 0.1) is 15.9 Å². The van der Waals surface area contributed by atoms with Crippen molar-refractivity contribution >= 4 is 28.9 Å². The average Bonchev–Trinajstić information content (AvgIpc) is 2.59. The molecule has 0 aliphatic carbocycles. The van der Waals surface area contributed by atoms with Gasteiger partial charge in [0.05, 0.1) is 16.3 Å². The van der Waals surface area contributed by atoms with E-state index in [2.05, 4.69) is 5.32 Å². The highest BCUT2D eigenvalue weighted by atomic mass is 19.1. The summed E-state index contributed by atoms with van der Waals surface area (Å²) in [4.78, 5) is 35.6. The van der Waals surface area contributed by atoms with Crippen molar-refractivity contribution in [1.29, 1.82) is 0 Å². The fourth-order valence-corrected chi connectivity index (χ4v) is 2.37. The molecule has 1 aliphatic rings. The molecule has 0 aromatic heterocycles. The molecule has 0 atom stereocenters. The standard InChI is InChI=1S/C16H12FN3O5/c17-11-3-1-2-4-12(11)18-15(21)8-19-13-7-10(20(23)24)5-6-14(13)25-9-16(19)22/h1-7H,8-9H2,(H,18,21). The molecule has 8 nitrogen and oxygen atoms in total. The maximum atomic E-state index is 13.6. The van der Waals surface area contributed by atoms with E-state index in [0.29, 0.717) is 0 Å². The summed E-state index contributed by atoms with van der Waals surface area (Å²) in [6.07, 6.45) is 0. The number of fused-ring (bicyclic) bond motifs is 1. The monoisotopic (exact) mass is 345 g/mol. The zero-order valence-corrected chi connectivity index (χ0v) is 12.8. The average molecular weight is 345 g/mol. The van der Waals surface area contributed by atoms with Gasteiger partial charge in [-0.25, -0.2) is 4.39 Å². The van der Waals surface area contributed by atoms with Gasteiger partial charge in [-0.2, -0.15) is 0 Å². The third-order valence-electron chi connectivity index (χ3n) is 3.55. The number of nitro groups is 1. The minimum atomic E-state index is -0.641. The second-order valence-corrected chi connectivity index (χ2v) is 5.21. The van der Waals surface area contributed by atoms with Gasteiger partial charge in [-0.05, 0) is 18.2 Å². The molecule has 0 unspecified atom stereocenters. The lowest BCUT2D eigenvalue weighted by molar-refractivity contribution is -0.384. The summed E-state index contributed by atoms with van der Waals surface area (Å²) in [5.74, 6) is -1.53. The summed E-state index contributed by atoms with van der Waals surface area (Å²) >= 11 is 0. The van der Waals surface area contributed by atoms with Crippen LogP contribution in [-0.4, -0.2) is 29.9 Å². The molecule has 0 radical (unpaired) electrons. The number of halogens is 1. The first kappa shape index (κ1) is 16.4. The van der Waals surface area contributed by atoms with Crippen molar-refractivity contribution in [3.05, 3.63) is 58.4 Å². The van der Waals surface area contributed by atoms with Crippen LogP contribution in [0.3, 0.4) is 0 Å². The van der Waals surface area contributed by atoms with Gasteiger partial charge in [0.15, 0.2) is 6.61 Å². The quantitative estimate of drug-likeness (QED) is 0.675. The van der Waals surface area contributed by atoms with E-state index < -0.39 is 29.1 Å². The number of hydrogen-bond acceptors (Lipinski definition) is 5. The summed E-state index contributed by atoms with van der Waals surface area (Å²) < 4.78 is 18.8. The summed E-state index contributed by atoms with van der Waals surface area (Å²) in [6.45, 7) is -0.720. The summed E-state index contributed by atoms with van der Waals surface area (Å²) in [5, 5.41) is 13.3. The molecule has 25 heavy (non-hydrogen) atoms. The van der Waals surface area contributed by atoms with Crippen molar-refractivity contribution in [2.45, 2.75) is 0 Å². The highest BCUT2D eigenvalue weighted by Gasteiger charge is 2.29. The van der Waals surface area contributed by atoms with Gasteiger partial charge in [0.25, 0.3) is 11.6 Å². The molecular formula is C16H12FN3O5. The Morgan fingerprint density at radius 2 is 2.08 bits per heavy atom. The number of carbonyl (C=O) groups excluding carboxylic acids is 2. The molecule has 0 saturated carbocycles. The topological polar surface area (TPSA) is 102 Å². The van der Waals surface area contributed by atoms with E-state index in [9.17, 15) is 24.1 Å². The SMILES string of the molecule is O=C(CN1C(=O)COc2ccc([N+](=O)[O-])cc21)Nc1ccccc1F. The number of para-hydroxylation sites is 1. The number of carbonyl (C=O) groups is 2. The normalized spacial score (nSPS) is 13.0. The summed E-state index contributed by atoms with van der Waals surface area (Å²) in [5.41, 5.74) is -0.141. The van der Waals surface area contributed by atoms with Crippen molar-refractivity contribution in [3.63, 3.8) is 0 Å². The number of nitro benzene ring substituents is 1.